The second-order valence-electron chi connectivity index (χ2n) is 7.05. The Labute approximate surface area is 152 Å². The average Bonchev–Trinajstić information content (AvgIpc) is 2.47. The van der Waals surface area contributed by atoms with Crippen molar-refractivity contribution in [1.29, 1.82) is 0 Å². The predicted molar refractivity (Wildman–Crippen MR) is 104 cm³/mol. The first-order valence-corrected chi connectivity index (χ1v) is 10.3. The second-order valence-corrected chi connectivity index (χ2v) is 14.6. The number of allylic oxidation sites excluding steroid dienone is 2. The van der Waals surface area contributed by atoms with E-state index in [1.54, 1.807) is 3.58 Å². The quantitative estimate of drug-likeness (QED) is 0.231. The van der Waals surface area contributed by atoms with Crippen LogP contribution in [0.15, 0.2) is 9.66 Å². The van der Waals surface area contributed by atoms with Gasteiger partial charge in [-0.3, -0.25) is 0 Å². The molecular formula is C15H21I3. The number of hydrogen-bond acceptors (Lipinski definition) is 0. The van der Waals surface area contributed by atoms with E-state index in [0.717, 1.165) is 23.7 Å². The number of alkyl halides is 2. The van der Waals surface area contributed by atoms with Crippen molar-refractivity contribution in [2.24, 2.45) is 29.1 Å². The van der Waals surface area contributed by atoms with Gasteiger partial charge in [0.05, 0.1) is 1.43 Å². The van der Waals surface area contributed by atoms with Gasteiger partial charge in [0, 0.05) is 0 Å². The van der Waals surface area contributed by atoms with Crippen molar-refractivity contribution in [3.8, 4) is 0 Å². The summed E-state index contributed by atoms with van der Waals surface area (Å²) < 4.78 is 2.15. The molecule has 3 heteroatoms. The highest BCUT2D eigenvalue weighted by molar-refractivity contribution is 14.2. The normalized spacial score (nSPS) is 45.1. The summed E-state index contributed by atoms with van der Waals surface area (Å²) in [6.45, 7) is 5.14. The van der Waals surface area contributed by atoms with Crippen molar-refractivity contribution in [3.63, 3.8) is 0 Å². The first-order valence-electron chi connectivity index (χ1n) is 7.03. The van der Waals surface area contributed by atoms with E-state index in [0.29, 0.717) is 6.84 Å². The molecule has 0 aromatic carbocycles. The summed E-state index contributed by atoms with van der Waals surface area (Å²) in [5.74, 6) is 3.92. The van der Waals surface area contributed by atoms with Gasteiger partial charge >= 0.3 is 0 Å². The van der Waals surface area contributed by atoms with Crippen LogP contribution in [0.3, 0.4) is 0 Å². The van der Waals surface area contributed by atoms with Gasteiger partial charge in [0.1, 0.15) is 0 Å². The molecule has 0 bridgehead atoms. The molecule has 102 valence electrons. The Hall–Kier alpha value is 1.93. The van der Waals surface area contributed by atoms with Crippen LogP contribution in [0.4, 0.5) is 0 Å². The maximum atomic E-state index is 2.71. The van der Waals surface area contributed by atoms with Gasteiger partial charge in [-0.2, -0.15) is 0 Å². The standard InChI is InChI=1S/C15H21I3/c1-14(2)12-7-9(16)3-4-10(12)11-5-6-15(17,18)8-13(11)14/h3,10-13H,4-8H2,1-2H3. The van der Waals surface area contributed by atoms with E-state index >= 15 is 0 Å². The summed E-state index contributed by atoms with van der Waals surface area (Å²) in [7, 11) is 0. The molecule has 0 N–H and O–H groups in total. The lowest BCUT2D eigenvalue weighted by molar-refractivity contribution is 0.138. The van der Waals surface area contributed by atoms with Crippen LogP contribution in [0.25, 0.3) is 0 Å². The Balaban J connectivity index is 1.92. The molecule has 2 saturated carbocycles. The molecule has 3 aliphatic carbocycles. The summed E-state index contributed by atoms with van der Waals surface area (Å²) >= 11 is 8.00. The molecule has 0 spiro atoms. The largest absolute Gasteiger partial charge is 0.0749 e. The monoisotopic (exact) mass is 582 g/mol. The van der Waals surface area contributed by atoms with Crippen molar-refractivity contribution >= 4 is 67.8 Å². The van der Waals surface area contributed by atoms with Gasteiger partial charge in [-0.05, 0) is 87.4 Å². The van der Waals surface area contributed by atoms with E-state index in [9.17, 15) is 0 Å². The van der Waals surface area contributed by atoms with Crippen LogP contribution in [-0.2, 0) is 0 Å². The highest BCUT2D eigenvalue weighted by Gasteiger charge is 2.58. The van der Waals surface area contributed by atoms with Crippen LogP contribution >= 0.6 is 67.8 Å². The number of hydrogen-bond donors (Lipinski definition) is 0. The molecule has 18 heavy (non-hydrogen) atoms. The minimum atomic E-state index is 0.530. The van der Waals surface area contributed by atoms with Crippen LogP contribution in [0, 0.1) is 29.1 Å². The zero-order valence-corrected chi connectivity index (χ0v) is 17.5. The molecule has 0 aromatic rings. The molecule has 3 rings (SSSR count). The lowest BCUT2D eigenvalue weighted by atomic mass is 9.69. The predicted octanol–water partition coefficient (Wildman–Crippen LogP) is 6.35. The molecule has 2 fully saturated rings. The van der Waals surface area contributed by atoms with E-state index in [-0.39, 0.29) is 0 Å². The molecule has 4 atom stereocenters. The Kier molecular flexibility index (Phi) is 4.12. The van der Waals surface area contributed by atoms with Gasteiger partial charge in [0.2, 0.25) is 0 Å². The minimum Gasteiger partial charge on any atom is -0.0749 e. The van der Waals surface area contributed by atoms with Gasteiger partial charge in [-0.15, -0.1) is 0 Å². The van der Waals surface area contributed by atoms with Crippen molar-refractivity contribution in [2.45, 2.75) is 47.4 Å². The summed E-state index contributed by atoms with van der Waals surface area (Å²) in [6.07, 6.45) is 9.59. The molecule has 3 aliphatic rings. The average molecular weight is 582 g/mol. The Morgan fingerprint density at radius 3 is 2.61 bits per heavy atom. The molecule has 0 radical (unpaired) electrons. The van der Waals surface area contributed by atoms with Gasteiger partial charge in [0.15, 0.2) is 0 Å². The first kappa shape index (κ1) is 14.9. The third kappa shape index (κ3) is 2.44. The first-order chi connectivity index (χ1) is 8.31. The van der Waals surface area contributed by atoms with Gasteiger partial charge in [-0.1, -0.05) is 65.1 Å². The highest BCUT2D eigenvalue weighted by atomic mass is 127. The maximum absolute atomic E-state index is 2.71. The van der Waals surface area contributed by atoms with Crippen molar-refractivity contribution in [3.05, 3.63) is 9.66 Å². The third-order valence-electron chi connectivity index (χ3n) is 5.88. The third-order valence-corrected chi connectivity index (χ3v) is 8.72. The van der Waals surface area contributed by atoms with Gasteiger partial charge in [0.25, 0.3) is 0 Å². The number of halogens is 3. The lowest BCUT2D eigenvalue weighted by Crippen LogP contribution is -2.35. The van der Waals surface area contributed by atoms with E-state index in [4.69, 9.17) is 0 Å². The van der Waals surface area contributed by atoms with Crippen molar-refractivity contribution in [2.75, 3.05) is 0 Å². The fourth-order valence-corrected chi connectivity index (χ4v) is 7.22. The highest BCUT2D eigenvalue weighted by Crippen LogP contribution is 2.66. The zero-order valence-electron chi connectivity index (χ0n) is 11.1. The van der Waals surface area contributed by atoms with E-state index in [2.05, 4.69) is 87.7 Å². The van der Waals surface area contributed by atoms with Crippen LogP contribution in [-0.4, -0.2) is 1.43 Å². The maximum Gasteiger partial charge on any atom is 0.0737 e. The zero-order chi connectivity index (χ0) is 13.1. The van der Waals surface area contributed by atoms with Gasteiger partial charge < -0.3 is 0 Å². The van der Waals surface area contributed by atoms with E-state index in [1.165, 1.54) is 32.1 Å². The molecule has 0 saturated heterocycles. The lowest BCUT2D eigenvalue weighted by Gasteiger charge is -2.41. The van der Waals surface area contributed by atoms with Crippen LogP contribution in [0.2, 0.25) is 0 Å². The minimum absolute atomic E-state index is 0.530. The van der Waals surface area contributed by atoms with Crippen molar-refractivity contribution < 1.29 is 0 Å². The fraction of sp³-hybridized carbons (Fsp3) is 0.867. The molecule has 0 nitrogen and oxygen atoms in total. The van der Waals surface area contributed by atoms with E-state index in [1.807, 2.05) is 0 Å². The molecule has 0 amide bonds. The summed E-state index contributed by atoms with van der Waals surface area (Å²) in [5.41, 5.74) is 0.558. The fourth-order valence-electron chi connectivity index (χ4n) is 4.92. The van der Waals surface area contributed by atoms with E-state index < -0.39 is 0 Å². The van der Waals surface area contributed by atoms with Crippen LogP contribution in [0.1, 0.15) is 46.0 Å². The SMILES string of the molecule is CC1(C)C2CC(I)=CCC2C2CCC(I)(I)CC21. The molecular weight excluding hydrogens is 561 g/mol. The van der Waals surface area contributed by atoms with Crippen LogP contribution < -0.4 is 0 Å². The summed E-state index contributed by atoms with van der Waals surface area (Å²) in [4.78, 5) is 0. The van der Waals surface area contributed by atoms with Crippen LogP contribution in [0.5, 0.6) is 0 Å². The second kappa shape index (κ2) is 4.99. The molecule has 4 unspecified atom stereocenters. The Morgan fingerprint density at radius 2 is 1.89 bits per heavy atom. The molecule has 0 aromatic heterocycles. The van der Waals surface area contributed by atoms with Gasteiger partial charge in [-0.25, -0.2) is 0 Å². The van der Waals surface area contributed by atoms with Crippen molar-refractivity contribution in [1.82, 2.24) is 0 Å². The summed E-state index contributed by atoms with van der Waals surface area (Å²) in [6, 6.07) is 0. The molecule has 0 aliphatic heterocycles. The summed E-state index contributed by atoms with van der Waals surface area (Å²) in [5, 5.41) is 0. The smallest absolute Gasteiger partial charge is 0.0737 e. The topological polar surface area (TPSA) is 0 Å². The molecule has 0 heterocycles. The number of rotatable bonds is 0. The Bertz CT molecular complexity index is 383. The Morgan fingerprint density at radius 1 is 1.17 bits per heavy atom. The number of fused-ring (bicyclic) bond motifs is 3.